The fourth-order valence-electron chi connectivity index (χ4n) is 2.14. The van der Waals surface area contributed by atoms with Gasteiger partial charge < -0.3 is 9.84 Å². The highest BCUT2D eigenvalue weighted by atomic mass is 16.5. The maximum atomic E-state index is 11.7. The Balaban J connectivity index is 2.32. The summed E-state index contributed by atoms with van der Waals surface area (Å²) in [7, 11) is 0. The first-order valence-electron chi connectivity index (χ1n) is 5.80. The first-order chi connectivity index (χ1) is 8.04. The van der Waals surface area contributed by atoms with E-state index in [4.69, 9.17) is 4.74 Å². The Morgan fingerprint density at radius 2 is 2.29 bits per heavy atom. The van der Waals surface area contributed by atoms with Crippen molar-refractivity contribution in [1.82, 2.24) is 14.5 Å². The van der Waals surface area contributed by atoms with Gasteiger partial charge in [0.15, 0.2) is 0 Å². The van der Waals surface area contributed by atoms with Crippen molar-refractivity contribution in [2.24, 2.45) is 5.92 Å². The zero-order chi connectivity index (χ0) is 12.6. The summed E-state index contributed by atoms with van der Waals surface area (Å²) >= 11 is 0. The van der Waals surface area contributed by atoms with E-state index in [0.717, 1.165) is 0 Å². The van der Waals surface area contributed by atoms with Crippen LogP contribution in [0, 0.1) is 12.8 Å². The third-order valence-electron chi connectivity index (χ3n) is 3.21. The van der Waals surface area contributed by atoms with E-state index in [1.54, 1.807) is 6.92 Å². The van der Waals surface area contributed by atoms with Crippen LogP contribution in [0.4, 0.5) is 0 Å². The second-order valence-electron chi connectivity index (χ2n) is 4.42. The van der Waals surface area contributed by atoms with Crippen LogP contribution < -0.4 is 5.69 Å². The predicted molar refractivity (Wildman–Crippen MR) is 60.4 cm³/mol. The summed E-state index contributed by atoms with van der Waals surface area (Å²) in [5.74, 6) is 0.286. The third kappa shape index (κ3) is 2.10. The van der Waals surface area contributed by atoms with E-state index in [2.05, 4.69) is 9.97 Å². The molecule has 1 aliphatic rings. The van der Waals surface area contributed by atoms with Gasteiger partial charge in [-0.25, -0.2) is 9.78 Å². The Bertz CT molecular complexity index is 460. The summed E-state index contributed by atoms with van der Waals surface area (Å²) in [4.78, 5) is 19.5. The fraction of sp³-hybridized carbons (Fsp3) is 0.727. The number of aliphatic hydroxyl groups excluding tert-OH is 1. The molecule has 6 nitrogen and oxygen atoms in total. The number of aryl methyl sites for hydroxylation is 1. The average Bonchev–Trinajstić information content (AvgIpc) is 2.57. The van der Waals surface area contributed by atoms with Gasteiger partial charge in [-0.1, -0.05) is 13.8 Å². The number of rotatable bonds is 2. The molecule has 0 saturated carbocycles. The van der Waals surface area contributed by atoms with Crippen LogP contribution in [0.15, 0.2) is 11.1 Å². The van der Waals surface area contributed by atoms with Gasteiger partial charge in [-0.15, -0.1) is 0 Å². The van der Waals surface area contributed by atoms with Gasteiger partial charge in [0.05, 0.1) is 12.2 Å². The monoisotopic (exact) mass is 239 g/mol. The van der Waals surface area contributed by atoms with Gasteiger partial charge in [0, 0.05) is 5.92 Å². The zero-order valence-electron chi connectivity index (χ0n) is 10.2. The fourth-order valence-corrected chi connectivity index (χ4v) is 2.14. The number of aromatic nitrogens is 3. The Morgan fingerprint density at radius 1 is 1.59 bits per heavy atom. The van der Waals surface area contributed by atoms with Crippen molar-refractivity contribution in [2.75, 3.05) is 0 Å². The summed E-state index contributed by atoms with van der Waals surface area (Å²) in [6, 6.07) is 0. The summed E-state index contributed by atoms with van der Waals surface area (Å²) in [5, 5.41) is 9.95. The van der Waals surface area contributed by atoms with Crippen LogP contribution in [0.1, 0.15) is 32.3 Å². The van der Waals surface area contributed by atoms with Crippen LogP contribution in [-0.2, 0) is 4.74 Å². The zero-order valence-corrected chi connectivity index (χ0v) is 10.2. The SMILES string of the molecule is CC[C@H]1O[C@@H](n2cnc(C)nc2=O)[C@@H](C)C1O. The molecular formula is C11H17N3O3. The van der Waals surface area contributed by atoms with Crippen LogP contribution in [0.2, 0.25) is 0 Å². The third-order valence-corrected chi connectivity index (χ3v) is 3.21. The lowest BCUT2D eigenvalue weighted by atomic mass is 10.0. The van der Waals surface area contributed by atoms with Crippen LogP contribution in [0.5, 0.6) is 0 Å². The van der Waals surface area contributed by atoms with E-state index < -0.39 is 18.0 Å². The molecule has 1 aliphatic heterocycles. The summed E-state index contributed by atoms with van der Waals surface area (Å²) in [5.41, 5.74) is -0.390. The number of aliphatic hydroxyl groups is 1. The molecule has 1 unspecified atom stereocenters. The molecule has 0 aromatic carbocycles. The highest BCUT2D eigenvalue weighted by Gasteiger charge is 2.41. The van der Waals surface area contributed by atoms with Gasteiger partial charge in [0.1, 0.15) is 18.4 Å². The van der Waals surface area contributed by atoms with E-state index in [0.29, 0.717) is 12.2 Å². The van der Waals surface area contributed by atoms with Crippen LogP contribution >= 0.6 is 0 Å². The van der Waals surface area contributed by atoms with Gasteiger partial charge in [-0.3, -0.25) is 4.57 Å². The molecule has 1 fully saturated rings. The van der Waals surface area contributed by atoms with E-state index in [-0.39, 0.29) is 12.0 Å². The average molecular weight is 239 g/mol. The summed E-state index contributed by atoms with van der Waals surface area (Å²) in [6.07, 6.45) is 0.865. The second kappa shape index (κ2) is 4.54. The topological polar surface area (TPSA) is 77.2 Å². The molecule has 0 amide bonds. The van der Waals surface area contributed by atoms with Gasteiger partial charge in [-0.05, 0) is 13.3 Å². The van der Waals surface area contributed by atoms with Crippen molar-refractivity contribution in [2.45, 2.75) is 45.6 Å². The van der Waals surface area contributed by atoms with Gasteiger partial charge >= 0.3 is 5.69 Å². The van der Waals surface area contributed by atoms with Gasteiger partial charge in [0.25, 0.3) is 0 Å². The Hall–Kier alpha value is -1.27. The van der Waals surface area contributed by atoms with Gasteiger partial charge in [-0.2, -0.15) is 4.98 Å². The molecule has 6 heteroatoms. The number of ether oxygens (including phenoxy) is 1. The van der Waals surface area contributed by atoms with Crippen molar-refractivity contribution in [1.29, 1.82) is 0 Å². The van der Waals surface area contributed by atoms with Crippen LogP contribution in [0.3, 0.4) is 0 Å². The van der Waals surface area contributed by atoms with Crippen molar-refractivity contribution in [3.63, 3.8) is 0 Å². The normalized spacial score (nSPS) is 32.9. The Morgan fingerprint density at radius 3 is 2.82 bits per heavy atom. The molecule has 4 atom stereocenters. The second-order valence-corrected chi connectivity index (χ2v) is 4.42. The van der Waals surface area contributed by atoms with Crippen LogP contribution in [0.25, 0.3) is 0 Å². The maximum absolute atomic E-state index is 11.7. The highest BCUT2D eigenvalue weighted by molar-refractivity contribution is 4.89. The number of hydrogen-bond donors (Lipinski definition) is 1. The molecule has 1 saturated heterocycles. The Kier molecular flexibility index (Phi) is 3.26. The smallest absolute Gasteiger partial charge is 0.352 e. The molecule has 17 heavy (non-hydrogen) atoms. The maximum Gasteiger partial charge on any atom is 0.352 e. The molecular weight excluding hydrogens is 222 g/mol. The molecule has 2 heterocycles. The number of hydrogen-bond acceptors (Lipinski definition) is 5. The molecule has 0 bridgehead atoms. The Labute approximate surface area is 99.3 Å². The molecule has 0 aliphatic carbocycles. The lowest BCUT2D eigenvalue weighted by Gasteiger charge is -2.17. The minimum atomic E-state index is -0.557. The van der Waals surface area contributed by atoms with E-state index in [9.17, 15) is 9.90 Å². The largest absolute Gasteiger partial charge is 0.390 e. The predicted octanol–water partition coefficient (Wildman–Crippen LogP) is 0.251. The molecule has 1 aromatic rings. The highest BCUT2D eigenvalue weighted by Crippen LogP contribution is 2.34. The van der Waals surface area contributed by atoms with E-state index in [1.165, 1.54) is 10.9 Å². The lowest BCUT2D eigenvalue weighted by molar-refractivity contribution is -0.0255. The van der Waals surface area contributed by atoms with E-state index in [1.807, 2.05) is 13.8 Å². The first kappa shape index (κ1) is 12.2. The lowest BCUT2D eigenvalue weighted by Crippen LogP contribution is -2.31. The summed E-state index contributed by atoms with van der Waals surface area (Å²) < 4.78 is 7.02. The minimum Gasteiger partial charge on any atom is -0.390 e. The molecule has 1 N–H and O–H groups in total. The molecule has 94 valence electrons. The van der Waals surface area contributed by atoms with Crippen LogP contribution in [-0.4, -0.2) is 31.8 Å². The molecule has 2 rings (SSSR count). The van der Waals surface area contributed by atoms with Crippen molar-refractivity contribution >= 4 is 0 Å². The summed E-state index contributed by atoms with van der Waals surface area (Å²) in [6.45, 7) is 5.46. The standard InChI is InChI=1S/C11H17N3O3/c1-4-8-9(15)6(2)10(17-8)14-5-12-7(3)13-11(14)16/h5-6,8-10,15H,4H2,1-3H3/t6-,8+,9?,10+/m0/s1. The molecule has 0 radical (unpaired) electrons. The quantitative estimate of drug-likeness (QED) is 0.800. The van der Waals surface area contributed by atoms with Crippen molar-refractivity contribution < 1.29 is 9.84 Å². The van der Waals surface area contributed by atoms with E-state index >= 15 is 0 Å². The van der Waals surface area contributed by atoms with Gasteiger partial charge in [0.2, 0.25) is 0 Å². The first-order valence-corrected chi connectivity index (χ1v) is 5.80. The number of nitrogens with zero attached hydrogens (tertiary/aromatic N) is 3. The minimum absolute atomic E-state index is 0.149. The van der Waals surface area contributed by atoms with Crippen molar-refractivity contribution in [3.05, 3.63) is 22.6 Å². The van der Waals surface area contributed by atoms with Crippen molar-refractivity contribution in [3.8, 4) is 0 Å². The molecule has 0 spiro atoms. The molecule has 1 aromatic heterocycles.